The Labute approximate surface area is 85.1 Å². The molecule has 0 bridgehead atoms. The molecule has 74 valence electrons. The van der Waals surface area contributed by atoms with Gasteiger partial charge in [-0.15, -0.1) is 0 Å². The fourth-order valence-corrected chi connectivity index (χ4v) is 2.44. The molecule has 0 saturated heterocycles. The third kappa shape index (κ3) is 1.87. The maximum absolute atomic E-state index is 10.9. The van der Waals surface area contributed by atoms with Crippen LogP contribution in [0.15, 0.2) is 30.3 Å². The highest BCUT2D eigenvalue weighted by atomic mass is 16.1. The molecule has 1 saturated carbocycles. The van der Waals surface area contributed by atoms with E-state index < -0.39 is 0 Å². The van der Waals surface area contributed by atoms with E-state index in [1.54, 1.807) is 0 Å². The SMILES string of the molecule is O=C[C@H]1CCCC[C@@H]1c1ccccc1. The monoisotopic (exact) mass is 188 g/mol. The fraction of sp³-hybridized carbons (Fsp3) is 0.462. The largest absolute Gasteiger partial charge is 0.303 e. The fourth-order valence-electron chi connectivity index (χ4n) is 2.44. The molecule has 1 aromatic carbocycles. The van der Waals surface area contributed by atoms with Crippen molar-refractivity contribution >= 4 is 6.29 Å². The molecule has 0 spiro atoms. The van der Waals surface area contributed by atoms with Crippen molar-refractivity contribution < 1.29 is 4.79 Å². The van der Waals surface area contributed by atoms with Crippen LogP contribution in [0.3, 0.4) is 0 Å². The zero-order valence-corrected chi connectivity index (χ0v) is 8.36. The molecule has 0 aromatic heterocycles. The van der Waals surface area contributed by atoms with Gasteiger partial charge in [0.25, 0.3) is 0 Å². The predicted molar refractivity (Wildman–Crippen MR) is 57.2 cm³/mol. The van der Waals surface area contributed by atoms with Crippen LogP contribution in [0.1, 0.15) is 37.2 Å². The minimum atomic E-state index is 0.256. The Bertz CT molecular complexity index is 291. The number of hydrogen-bond acceptors (Lipinski definition) is 1. The molecular weight excluding hydrogens is 172 g/mol. The van der Waals surface area contributed by atoms with Gasteiger partial charge >= 0.3 is 0 Å². The number of carbonyl (C=O) groups is 1. The van der Waals surface area contributed by atoms with Crippen LogP contribution in [0.4, 0.5) is 0 Å². The smallest absolute Gasteiger partial charge is 0.123 e. The van der Waals surface area contributed by atoms with Crippen molar-refractivity contribution in [3.63, 3.8) is 0 Å². The van der Waals surface area contributed by atoms with Crippen molar-refractivity contribution in [2.75, 3.05) is 0 Å². The summed E-state index contributed by atoms with van der Waals surface area (Å²) in [6.45, 7) is 0. The second-order valence-electron chi connectivity index (χ2n) is 4.10. The van der Waals surface area contributed by atoms with E-state index in [0.29, 0.717) is 5.92 Å². The molecule has 0 N–H and O–H groups in total. The second kappa shape index (κ2) is 4.41. The van der Waals surface area contributed by atoms with Gasteiger partial charge in [-0.05, 0) is 24.3 Å². The zero-order chi connectivity index (χ0) is 9.80. The lowest BCUT2D eigenvalue weighted by Crippen LogP contribution is -2.18. The minimum Gasteiger partial charge on any atom is -0.303 e. The molecule has 2 rings (SSSR count). The number of benzene rings is 1. The topological polar surface area (TPSA) is 17.1 Å². The third-order valence-corrected chi connectivity index (χ3v) is 3.22. The number of carbonyl (C=O) groups excluding carboxylic acids is 1. The van der Waals surface area contributed by atoms with Crippen LogP contribution < -0.4 is 0 Å². The maximum atomic E-state index is 10.9. The van der Waals surface area contributed by atoms with Crippen LogP contribution in [-0.2, 0) is 4.79 Å². The molecule has 0 unspecified atom stereocenters. The molecular formula is C13H16O. The Kier molecular flexibility index (Phi) is 2.97. The van der Waals surface area contributed by atoms with Crippen LogP contribution in [0.2, 0.25) is 0 Å². The van der Waals surface area contributed by atoms with Crippen molar-refractivity contribution in [2.24, 2.45) is 5.92 Å². The van der Waals surface area contributed by atoms with Crippen molar-refractivity contribution in [3.8, 4) is 0 Å². The number of rotatable bonds is 2. The first-order chi connectivity index (χ1) is 6.92. The Hall–Kier alpha value is -1.11. The molecule has 2 atom stereocenters. The molecule has 0 aliphatic heterocycles. The Morgan fingerprint density at radius 3 is 2.50 bits per heavy atom. The highest BCUT2D eigenvalue weighted by Gasteiger charge is 2.25. The van der Waals surface area contributed by atoms with E-state index in [1.165, 1.54) is 24.8 Å². The highest BCUT2D eigenvalue weighted by molar-refractivity contribution is 5.56. The summed E-state index contributed by atoms with van der Waals surface area (Å²) in [6.07, 6.45) is 5.88. The summed E-state index contributed by atoms with van der Waals surface area (Å²) in [6, 6.07) is 10.4. The first-order valence-electron chi connectivity index (χ1n) is 5.42. The highest BCUT2D eigenvalue weighted by Crippen LogP contribution is 2.36. The molecule has 0 amide bonds. The second-order valence-corrected chi connectivity index (χ2v) is 4.10. The van der Waals surface area contributed by atoms with Gasteiger partial charge in [0.2, 0.25) is 0 Å². The Morgan fingerprint density at radius 1 is 1.07 bits per heavy atom. The normalized spacial score (nSPS) is 27.1. The first kappa shape index (κ1) is 9.45. The lowest BCUT2D eigenvalue weighted by molar-refractivity contribution is -0.112. The summed E-state index contributed by atoms with van der Waals surface area (Å²) in [4.78, 5) is 10.9. The summed E-state index contributed by atoms with van der Waals surface area (Å²) >= 11 is 0. The third-order valence-electron chi connectivity index (χ3n) is 3.22. The van der Waals surface area contributed by atoms with Gasteiger partial charge in [-0.3, -0.25) is 0 Å². The van der Waals surface area contributed by atoms with Crippen LogP contribution in [-0.4, -0.2) is 6.29 Å². The van der Waals surface area contributed by atoms with Crippen molar-refractivity contribution in [1.82, 2.24) is 0 Å². The van der Waals surface area contributed by atoms with E-state index in [1.807, 2.05) is 6.07 Å². The first-order valence-corrected chi connectivity index (χ1v) is 5.42. The molecule has 0 heterocycles. The summed E-state index contributed by atoms with van der Waals surface area (Å²) < 4.78 is 0. The summed E-state index contributed by atoms with van der Waals surface area (Å²) in [7, 11) is 0. The maximum Gasteiger partial charge on any atom is 0.123 e. The Balaban J connectivity index is 2.19. The van der Waals surface area contributed by atoms with E-state index in [0.717, 1.165) is 12.7 Å². The molecule has 14 heavy (non-hydrogen) atoms. The lowest BCUT2D eigenvalue weighted by atomic mass is 9.76. The summed E-state index contributed by atoms with van der Waals surface area (Å²) in [5, 5.41) is 0. The standard InChI is InChI=1S/C13H16O/c14-10-12-8-4-5-9-13(12)11-6-2-1-3-7-11/h1-3,6-7,10,12-13H,4-5,8-9H2/t12-,13-/m1/s1. The van der Waals surface area contributed by atoms with Crippen LogP contribution >= 0.6 is 0 Å². The van der Waals surface area contributed by atoms with Crippen molar-refractivity contribution in [1.29, 1.82) is 0 Å². The quantitative estimate of drug-likeness (QED) is 0.651. The van der Waals surface area contributed by atoms with E-state index in [2.05, 4.69) is 24.3 Å². The van der Waals surface area contributed by atoms with Crippen molar-refractivity contribution in [2.45, 2.75) is 31.6 Å². The Morgan fingerprint density at radius 2 is 1.79 bits per heavy atom. The van der Waals surface area contributed by atoms with Crippen LogP contribution in [0, 0.1) is 5.92 Å². The van der Waals surface area contributed by atoms with Gasteiger partial charge in [-0.1, -0.05) is 43.2 Å². The van der Waals surface area contributed by atoms with E-state index in [9.17, 15) is 4.79 Å². The average Bonchev–Trinajstić information content (AvgIpc) is 2.30. The minimum absolute atomic E-state index is 0.256. The van der Waals surface area contributed by atoms with Gasteiger partial charge < -0.3 is 4.79 Å². The number of aldehydes is 1. The molecule has 1 nitrogen and oxygen atoms in total. The number of hydrogen-bond donors (Lipinski definition) is 0. The van der Waals surface area contributed by atoms with Gasteiger partial charge in [-0.2, -0.15) is 0 Å². The van der Waals surface area contributed by atoms with E-state index in [-0.39, 0.29) is 5.92 Å². The van der Waals surface area contributed by atoms with Gasteiger partial charge in [-0.25, -0.2) is 0 Å². The van der Waals surface area contributed by atoms with Gasteiger partial charge in [0.1, 0.15) is 6.29 Å². The molecule has 1 heteroatoms. The van der Waals surface area contributed by atoms with Crippen LogP contribution in [0.25, 0.3) is 0 Å². The molecule has 1 aliphatic carbocycles. The summed E-state index contributed by atoms with van der Waals surface area (Å²) in [5.41, 5.74) is 1.34. The predicted octanol–water partition coefficient (Wildman–Crippen LogP) is 3.16. The molecule has 0 radical (unpaired) electrons. The molecule has 1 aromatic rings. The lowest BCUT2D eigenvalue weighted by Gasteiger charge is -2.27. The van der Waals surface area contributed by atoms with Gasteiger partial charge in [0.15, 0.2) is 0 Å². The molecule has 1 aliphatic rings. The van der Waals surface area contributed by atoms with E-state index >= 15 is 0 Å². The molecule has 1 fully saturated rings. The zero-order valence-electron chi connectivity index (χ0n) is 8.36. The summed E-state index contributed by atoms with van der Waals surface area (Å²) in [5.74, 6) is 0.730. The van der Waals surface area contributed by atoms with Gasteiger partial charge in [0, 0.05) is 5.92 Å². The van der Waals surface area contributed by atoms with Crippen molar-refractivity contribution in [3.05, 3.63) is 35.9 Å². The average molecular weight is 188 g/mol. The van der Waals surface area contributed by atoms with Gasteiger partial charge in [0.05, 0.1) is 0 Å². The van der Waals surface area contributed by atoms with Crippen LogP contribution in [0.5, 0.6) is 0 Å². The van der Waals surface area contributed by atoms with E-state index in [4.69, 9.17) is 0 Å².